The highest BCUT2D eigenvalue weighted by Gasteiger charge is 2.29. The van der Waals surface area contributed by atoms with Crippen molar-refractivity contribution in [3.05, 3.63) is 34.6 Å². The summed E-state index contributed by atoms with van der Waals surface area (Å²) in [6.45, 7) is 5.51. The van der Waals surface area contributed by atoms with Gasteiger partial charge in [-0.05, 0) is 45.7 Å². The molecule has 0 saturated heterocycles. The van der Waals surface area contributed by atoms with Gasteiger partial charge in [0.2, 0.25) is 0 Å². The minimum atomic E-state index is -0.509. The van der Waals surface area contributed by atoms with E-state index in [9.17, 15) is 9.59 Å². The zero-order valence-electron chi connectivity index (χ0n) is 13.5. The molecule has 1 fully saturated rings. The fraction of sp³-hybridized carbons (Fsp3) is 0.471. The summed E-state index contributed by atoms with van der Waals surface area (Å²) < 4.78 is 7.05. The summed E-state index contributed by atoms with van der Waals surface area (Å²) in [7, 11) is 0. The summed E-state index contributed by atoms with van der Waals surface area (Å²) in [5, 5.41) is 1.23. The van der Waals surface area contributed by atoms with Crippen LogP contribution in [0.4, 0.5) is 0 Å². The Hall–Kier alpha value is -1.82. The molecule has 0 spiro atoms. The molecule has 0 radical (unpaired) electrons. The van der Waals surface area contributed by atoms with Gasteiger partial charge < -0.3 is 4.74 Å². The maximum absolute atomic E-state index is 12.7. The van der Waals surface area contributed by atoms with Crippen molar-refractivity contribution in [2.75, 3.05) is 5.75 Å². The van der Waals surface area contributed by atoms with E-state index in [1.807, 2.05) is 39.0 Å². The van der Waals surface area contributed by atoms with E-state index >= 15 is 0 Å². The average molecular weight is 332 g/mol. The van der Waals surface area contributed by atoms with Gasteiger partial charge in [-0.3, -0.25) is 14.2 Å². The van der Waals surface area contributed by atoms with Gasteiger partial charge in [0.1, 0.15) is 5.60 Å². The second-order valence-corrected chi connectivity index (χ2v) is 7.64. The maximum Gasteiger partial charge on any atom is 0.316 e. The highest BCUT2D eigenvalue weighted by Crippen LogP contribution is 2.36. The van der Waals surface area contributed by atoms with E-state index in [-0.39, 0.29) is 23.3 Å². The van der Waals surface area contributed by atoms with Gasteiger partial charge in [-0.2, -0.15) is 0 Å². The van der Waals surface area contributed by atoms with Crippen LogP contribution < -0.4 is 5.56 Å². The van der Waals surface area contributed by atoms with Gasteiger partial charge in [0.05, 0.1) is 16.7 Å². The van der Waals surface area contributed by atoms with E-state index in [2.05, 4.69) is 4.98 Å². The topological polar surface area (TPSA) is 61.2 Å². The molecule has 1 heterocycles. The molecule has 3 rings (SSSR count). The molecule has 0 unspecified atom stereocenters. The van der Waals surface area contributed by atoms with E-state index in [4.69, 9.17) is 4.74 Å². The van der Waals surface area contributed by atoms with E-state index < -0.39 is 5.60 Å². The van der Waals surface area contributed by atoms with E-state index in [0.717, 1.165) is 12.8 Å². The summed E-state index contributed by atoms with van der Waals surface area (Å²) in [6.07, 6.45) is 1.97. The van der Waals surface area contributed by atoms with E-state index in [1.165, 1.54) is 11.8 Å². The standard InChI is InChI=1S/C17H20N2O3S/c1-17(2,3)22-14(20)10-23-16-18-13-7-5-4-6-12(13)15(21)19(16)11-8-9-11/h4-7,11H,8-10H2,1-3H3. The largest absolute Gasteiger partial charge is 0.459 e. The lowest BCUT2D eigenvalue weighted by atomic mass is 10.2. The normalized spacial score (nSPS) is 14.9. The monoisotopic (exact) mass is 332 g/mol. The molecule has 1 aliphatic rings. The van der Waals surface area contributed by atoms with Crippen molar-refractivity contribution < 1.29 is 9.53 Å². The molecule has 122 valence electrons. The molecule has 0 N–H and O–H groups in total. The fourth-order valence-corrected chi connectivity index (χ4v) is 3.22. The number of rotatable bonds is 4. The Labute approximate surface area is 139 Å². The Morgan fingerprint density at radius 3 is 2.70 bits per heavy atom. The van der Waals surface area contributed by atoms with Crippen molar-refractivity contribution in [2.24, 2.45) is 0 Å². The molecule has 5 nitrogen and oxygen atoms in total. The minimum absolute atomic E-state index is 0.0233. The van der Waals surface area contributed by atoms with Crippen LogP contribution in [0.3, 0.4) is 0 Å². The second kappa shape index (κ2) is 6.00. The quantitative estimate of drug-likeness (QED) is 0.489. The number of benzene rings is 1. The third kappa shape index (κ3) is 3.75. The predicted molar refractivity (Wildman–Crippen MR) is 90.8 cm³/mol. The molecule has 0 aliphatic heterocycles. The van der Waals surface area contributed by atoms with Crippen LogP contribution in [0.2, 0.25) is 0 Å². The predicted octanol–water partition coefficient (Wildman–Crippen LogP) is 3.17. The third-order valence-corrected chi connectivity index (χ3v) is 4.35. The summed E-state index contributed by atoms with van der Waals surface area (Å²) in [5.74, 6) is -0.151. The van der Waals surface area contributed by atoms with Crippen LogP contribution in [0.25, 0.3) is 10.9 Å². The van der Waals surface area contributed by atoms with Gasteiger partial charge in [-0.1, -0.05) is 23.9 Å². The number of hydrogen-bond acceptors (Lipinski definition) is 5. The lowest BCUT2D eigenvalue weighted by Crippen LogP contribution is -2.26. The first kappa shape index (κ1) is 16.1. The minimum Gasteiger partial charge on any atom is -0.459 e. The van der Waals surface area contributed by atoms with Crippen LogP contribution >= 0.6 is 11.8 Å². The number of carbonyl (C=O) groups is 1. The average Bonchev–Trinajstić information content (AvgIpc) is 3.28. The number of thioether (sulfide) groups is 1. The molecule has 1 aromatic carbocycles. The van der Waals surface area contributed by atoms with Crippen LogP contribution in [0, 0.1) is 0 Å². The van der Waals surface area contributed by atoms with Crippen molar-refractivity contribution in [2.45, 2.75) is 50.4 Å². The molecule has 1 aromatic heterocycles. The number of nitrogens with zero attached hydrogens (tertiary/aromatic N) is 2. The molecular weight excluding hydrogens is 312 g/mol. The second-order valence-electron chi connectivity index (χ2n) is 6.69. The Bertz CT molecular complexity index is 804. The Morgan fingerprint density at radius 1 is 1.35 bits per heavy atom. The number of para-hydroxylation sites is 1. The summed E-state index contributed by atoms with van der Waals surface area (Å²) >= 11 is 1.27. The zero-order valence-corrected chi connectivity index (χ0v) is 14.4. The van der Waals surface area contributed by atoms with Gasteiger partial charge in [0, 0.05) is 6.04 Å². The van der Waals surface area contributed by atoms with E-state index in [1.54, 1.807) is 10.6 Å². The molecule has 6 heteroatoms. The van der Waals surface area contributed by atoms with Gasteiger partial charge >= 0.3 is 5.97 Å². The molecular formula is C17H20N2O3S. The molecule has 23 heavy (non-hydrogen) atoms. The highest BCUT2D eigenvalue weighted by molar-refractivity contribution is 7.99. The van der Waals surface area contributed by atoms with Crippen LogP contribution in [-0.2, 0) is 9.53 Å². The highest BCUT2D eigenvalue weighted by atomic mass is 32.2. The lowest BCUT2D eigenvalue weighted by Gasteiger charge is -2.19. The Kier molecular flexibility index (Phi) is 4.19. The molecule has 2 aromatic rings. The van der Waals surface area contributed by atoms with Gasteiger partial charge in [-0.15, -0.1) is 0 Å². The summed E-state index contributed by atoms with van der Waals surface area (Å²) in [4.78, 5) is 29.2. The third-order valence-electron chi connectivity index (χ3n) is 3.43. The van der Waals surface area contributed by atoms with Crippen LogP contribution in [0.5, 0.6) is 0 Å². The number of aromatic nitrogens is 2. The van der Waals surface area contributed by atoms with Crippen LogP contribution in [0.1, 0.15) is 39.7 Å². The van der Waals surface area contributed by atoms with Crippen molar-refractivity contribution in [3.8, 4) is 0 Å². The Morgan fingerprint density at radius 2 is 2.04 bits per heavy atom. The number of fused-ring (bicyclic) bond motifs is 1. The van der Waals surface area contributed by atoms with Gasteiger partial charge in [0.25, 0.3) is 5.56 Å². The van der Waals surface area contributed by atoms with Crippen molar-refractivity contribution in [1.29, 1.82) is 0 Å². The molecule has 1 aliphatic carbocycles. The number of esters is 1. The smallest absolute Gasteiger partial charge is 0.316 e. The SMILES string of the molecule is CC(C)(C)OC(=O)CSc1nc2ccccc2c(=O)n1C1CC1. The maximum atomic E-state index is 12.7. The number of carbonyl (C=O) groups excluding carboxylic acids is 1. The first-order chi connectivity index (χ1) is 10.8. The van der Waals surface area contributed by atoms with Gasteiger partial charge in [0.15, 0.2) is 5.16 Å². The summed E-state index contributed by atoms with van der Waals surface area (Å²) in [6, 6.07) is 7.53. The first-order valence-corrected chi connectivity index (χ1v) is 8.69. The van der Waals surface area contributed by atoms with Crippen molar-refractivity contribution in [1.82, 2.24) is 9.55 Å². The van der Waals surface area contributed by atoms with Crippen LogP contribution in [-0.4, -0.2) is 26.9 Å². The molecule has 0 amide bonds. The van der Waals surface area contributed by atoms with Gasteiger partial charge in [-0.25, -0.2) is 4.98 Å². The molecule has 0 bridgehead atoms. The first-order valence-electron chi connectivity index (χ1n) is 7.71. The van der Waals surface area contributed by atoms with Crippen LogP contribution in [0.15, 0.2) is 34.2 Å². The van der Waals surface area contributed by atoms with E-state index in [0.29, 0.717) is 16.1 Å². The lowest BCUT2D eigenvalue weighted by molar-refractivity contribution is -0.151. The van der Waals surface area contributed by atoms with Crippen molar-refractivity contribution in [3.63, 3.8) is 0 Å². The zero-order chi connectivity index (χ0) is 16.6. The molecule has 0 atom stereocenters. The number of ether oxygens (including phenoxy) is 1. The fourth-order valence-electron chi connectivity index (χ4n) is 2.38. The molecule has 1 saturated carbocycles. The number of hydrogen-bond donors (Lipinski definition) is 0. The Balaban J connectivity index is 1.89. The van der Waals surface area contributed by atoms with Crippen molar-refractivity contribution >= 4 is 28.6 Å². The summed E-state index contributed by atoms with van der Waals surface area (Å²) in [5.41, 5.74) is 0.135.